The van der Waals surface area contributed by atoms with Gasteiger partial charge in [-0.25, -0.2) is 4.79 Å². The summed E-state index contributed by atoms with van der Waals surface area (Å²) < 4.78 is 18.8. The molecule has 0 atom stereocenters. The second kappa shape index (κ2) is 9.06. The summed E-state index contributed by atoms with van der Waals surface area (Å²) in [5.74, 6) is 1.64. The fourth-order valence-corrected chi connectivity index (χ4v) is 4.63. The maximum atomic E-state index is 13.3. The first-order chi connectivity index (χ1) is 16.5. The molecule has 10 heteroatoms. The fraction of sp³-hybridized carbons (Fsp3) is 0.208. The molecule has 1 N–H and O–H groups in total. The maximum absolute atomic E-state index is 13.3. The zero-order valence-electron chi connectivity index (χ0n) is 18.3. The first-order valence-corrected chi connectivity index (χ1v) is 11.4. The number of amides is 1. The molecule has 0 fully saturated rings. The van der Waals surface area contributed by atoms with Crippen molar-refractivity contribution in [2.75, 3.05) is 13.9 Å². The number of nitrogens with zero attached hydrogens (tertiary/aromatic N) is 2. The first-order valence-electron chi connectivity index (χ1n) is 10.5. The van der Waals surface area contributed by atoms with Crippen molar-refractivity contribution in [3.05, 3.63) is 85.9 Å². The highest BCUT2D eigenvalue weighted by Gasteiger charge is 2.17. The van der Waals surface area contributed by atoms with Crippen LogP contribution >= 0.6 is 11.3 Å². The molecule has 34 heavy (non-hydrogen) atoms. The summed E-state index contributed by atoms with van der Waals surface area (Å²) in [5.41, 5.74) is 1.15. The van der Waals surface area contributed by atoms with Gasteiger partial charge in [-0.3, -0.25) is 18.7 Å². The van der Waals surface area contributed by atoms with E-state index in [2.05, 4.69) is 5.32 Å². The van der Waals surface area contributed by atoms with Gasteiger partial charge in [0, 0.05) is 6.54 Å². The predicted octanol–water partition coefficient (Wildman–Crippen LogP) is 2.33. The van der Waals surface area contributed by atoms with E-state index in [0.717, 1.165) is 15.7 Å². The molecule has 9 nitrogen and oxygen atoms in total. The molecule has 2 aromatic carbocycles. The summed E-state index contributed by atoms with van der Waals surface area (Å²) in [4.78, 5) is 39.0. The lowest BCUT2D eigenvalue weighted by molar-refractivity contribution is -0.121. The van der Waals surface area contributed by atoms with Crippen LogP contribution in [0.5, 0.6) is 17.2 Å². The Morgan fingerprint density at radius 2 is 1.79 bits per heavy atom. The van der Waals surface area contributed by atoms with Gasteiger partial charge in [0.25, 0.3) is 5.56 Å². The van der Waals surface area contributed by atoms with Crippen molar-refractivity contribution in [1.82, 2.24) is 14.5 Å². The third-order valence-corrected chi connectivity index (χ3v) is 6.46. The predicted molar refractivity (Wildman–Crippen MR) is 127 cm³/mol. The third kappa shape index (κ3) is 4.15. The highest BCUT2D eigenvalue weighted by Crippen LogP contribution is 2.32. The summed E-state index contributed by atoms with van der Waals surface area (Å²) in [6, 6.07) is 14.3. The van der Waals surface area contributed by atoms with Gasteiger partial charge in [-0.1, -0.05) is 18.2 Å². The van der Waals surface area contributed by atoms with Crippen molar-refractivity contribution >= 4 is 27.5 Å². The lowest BCUT2D eigenvalue weighted by atomic mass is 10.2. The summed E-state index contributed by atoms with van der Waals surface area (Å²) in [7, 11) is 1.57. The number of hydrogen-bond donors (Lipinski definition) is 1. The third-order valence-electron chi connectivity index (χ3n) is 5.56. The average molecular weight is 480 g/mol. The van der Waals surface area contributed by atoms with Gasteiger partial charge < -0.3 is 19.5 Å². The number of carbonyl (C=O) groups is 1. The van der Waals surface area contributed by atoms with E-state index in [9.17, 15) is 14.4 Å². The van der Waals surface area contributed by atoms with Crippen LogP contribution in [0.4, 0.5) is 0 Å². The van der Waals surface area contributed by atoms with Crippen molar-refractivity contribution in [2.45, 2.75) is 19.6 Å². The molecule has 0 saturated carbocycles. The molecule has 0 saturated heterocycles. The zero-order chi connectivity index (χ0) is 23.7. The summed E-state index contributed by atoms with van der Waals surface area (Å²) in [6.45, 7) is 0.327. The molecule has 0 aliphatic carbocycles. The second-order valence-corrected chi connectivity index (χ2v) is 8.62. The molecule has 1 amide bonds. The Labute approximate surface area is 197 Å². The smallest absolute Gasteiger partial charge is 0.332 e. The van der Waals surface area contributed by atoms with Crippen LogP contribution in [-0.2, 0) is 24.4 Å². The number of ether oxygens (including phenoxy) is 3. The van der Waals surface area contributed by atoms with Crippen LogP contribution in [0.2, 0.25) is 0 Å². The molecule has 0 unspecified atom stereocenters. The van der Waals surface area contributed by atoms with Gasteiger partial charge in [-0.2, -0.15) is 0 Å². The number of benzene rings is 2. The Morgan fingerprint density at radius 1 is 1.03 bits per heavy atom. The van der Waals surface area contributed by atoms with Crippen molar-refractivity contribution in [1.29, 1.82) is 0 Å². The topological polar surface area (TPSA) is 101 Å². The maximum Gasteiger partial charge on any atom is 0.332 e. The summed E-state index contributed by atoms with van der Waals surface area (Å²) in [5, 5.41) is 4.57. The lowest BCUT2D eigenvalue weighted by Crippen LogP contribution is -2.42. The lowest BCUT2D eigenvalue weighted by Gasteiger charge is -2.13. The van der Waals surface area contributed by atoms with Crippen LogP contribution in [0.15, 0.2) is 63.5 Å². The Hall–Kier alpha value is -4.05. The first kappa shape index (κ1) is 21.8. The van der Waals surface area contributed by atoms with Gasteiger partial charge in [-0.05, 0) is 46.8 Å². The van der Waals surface area contributed by atoms with Gasteiger partial charge in [0.05, 0.1) is 19.2 Å². The molecule has 1 aliphatic rings. The van der Waals surface area contributed by atoms with Crippen molar-refractivity contribution in [3.8, 4) is 17.2 Å². The van der Waals surface area contributed by atoms with E-state index >= 15 is 0 Å². The van der Waals surface area contributed by atoms with Crippen LogP contribution in [0.3, 0.4) is 0 Å². The number of carbonyl (C=O) groups excluding carboxylic acids is 1. The van der Waals surface area contributed by atoms with Crippen molar-refractivity contribution in [3.63, 3.8) is 0 Å². The van der Waals surface area contributed by atoms with E-state index in [-0.39, 0.29) is 37.9 Å². The standard InChI is InChI=1S/C24H21N3O6S/c1-31-17-5-2-15(3-6-17)12-27-23(29)22-18(8-9-34-22)26(24(27)30)13-21(28)25-11-16-4-7-19-20(10-16)33-14-32-19/h2-10H,11-14H2,1H3,(H,25,28). The highest BCUT2D eigenvalue weighted by atomic mass is 32.1. The van der Waals surface area contributed by atoms with Crippen LogP contribution in [0, 0.1) is 0 Å². The molecular weight excluding hydrogens is 458 g/mol. The SMILES string of the molecule is COc1ccc(Cn2c(=O)c3sccc3n(CC(=O)NCc3ccc4c(c3)OCO4)c2=O)cc1. The number of rotatable bonds is 7. The number of fused-ring (bicyclic) bond motifs is 2. The molecule has 3 heterocycles. The monoisotopic (exact) mass is 479 g/mol. The van der Waals surface area contributed by atoms with E-state index in [1.165, 1.54) is 15.9 Å². The van der Waals surface area contributed by atoms with Crippen molar-refractivity contribution < 1.29 is 19.0 Å². The van der Waals surface area contributed by atoms with Crippen molar-refractivity contribution in [2.24, 2.45) is 0 Å². The van der Waals surface area contributed by atoms with E-state index in [1.54, 1.807) is 55.0 Å². The molecule has 0 spiro atoms. The Balaban J connectivity index is 1.38. The minimum atomic E-state index is -0.537. The van der Waals surface area contributed by atoms with Gasteiger partial charge >= 0.3 is 5.69 Å². The normalized spacial score (nSPS) is 12.1. The Bertz CT molecular complexity index is 1490. The van der Waals surface area contributed by atoms with E-state index in [0.29, 0.717) is 27.5 Å². The van der Waals surface area contributed by atoms with E-state index in [4.69, 9.17) is 14.2 Å². The molecule has 0 radical (unpaired) electrons. The van der Waals surface area contributed by atoms with Crippen LogP contribution in [0.25, 0.3) is 10.2 Å². The number of thiophene rings is 1. The molecule has 1 aliphatic heterocycles. The average Bonchev–Trinajstić information content (AvgIpc) is 3.53. The molecular formula is C24H21N3O6S. The minimum absolute atomic E-state index is 0.0916. The summed E-state index contributed by atoms with van der Waals surface area (Å²) >= 11 is 1.25. The van der Waals surface area contributed by atoms with Gasteiger partial charge in [0.15, 0.2) is 11.5 Å². The Kier molecular flexibility index (Phi) is 5.81. The van der Waals surface area contributed by atoms with Gasteiger partial charge in [-0.15, -0.1) is 11.3 Å². The number of nitrogens with one attached hydrogen (secondary N) is 1. The molecule has 0 bridgehead atoms. The van der Waals surface area contributed by atoms with Gasteiger partial charge in [0.1, 0.15) is 17.0 Å². The fourth-order valence-electron chi connectivity index (χ4n) is 3.79. The second-order valence-electron chi connectivity index (χ2n) is 7.71. The molecule has 2 aromatic heterocycles. The van der Waals surface area contributed by atoms with E-state index < -0.39 is 5.69 Å². The van der Waals surface area contributed by atoms with Crippen LogP contribution in [0.1, 0.15) is 11.1 Å². The van der Waals surface area contributed by atoms with E-state index in [1.807, 2.05) is 6.07 Å². The quantitative estimate of drug-likeness (QED) is 0.437. The van der Waals surface area contributed by atoms with Crippen LogP contribution < -0.4 is 30.8 Å². The Morgan fingerprint density at radius 3 is 2.59 bits per heavy atom. The highest BCUT2D eigenvalue weighted by molar-refractivity contribution is 7.17. The zero-order valence-corrected chi connectivity index (χ0v) is 19.1. The molecule has 4 aromatic rings. The summed E-state index contributed by atoms with van der Waals surface area (Å²) in [6.07, 6.45) is 0. The van der Waals surface area contributed by atoms with Crippen LogP contribution in [-0.4, -0.2) is 28.9 Å². The largest absolute Gasteiger partial charge is 0.497 e. The molecule has 5 rings (SSSR count). The number of aromatic nitrogens is 2. The number of methoxy groups -OCH3 is 1. The number of hydrogen-bond acceptors (Lipinski definition) is 7. The van der Waals surface area contributed by atoms with Gasteiger partial charge in [0.2, 0.25) is 12.7 Å². The molecule has 174 valence electrons. The minimum Gasteiger partial charge on any atom is -0.497 e.